The predicted molar refractivity (Wildman–Crippen MR) is 126 cm³/mol. The Kier molecular flexibility index (Phi) is 3.52. The van der Waals surface area contributed by atoms with Gasteiger partial charge in [0, 0.05) is 26.6 Å². The van der Waals surface area contributed by atoms with Gasteiger partial charge in [-0.15, -0.1) is 0 Å². The van der Waals surface area contributed by atoms with Crippen molar-refractivity contribution < 1.29 is 8.53 Å². The molecule has 0 amide bonds. The van der Waals surface area contributed by atoms with Crippen LogP contribution < -0.4 is 0 Å². The van der Waals surface area contributed by atoms with Crippen LogP contribution in [0.2, 0.25) is 0 Å². The van der Waals surface area contributed by atoms with Gasteiger partial charge in [-0.3, -0.25) is 4.98 Å². The Labute approximate surface area is 181 Å². The molecule has 0 unspecified atom stereocenters. The molecule has 0 fully saturated rings. The van der Waals surface area contributed by atoms with Crippen LogP contribution >= 0.6 is 0 Å². The summed E-state index contributed by atoms with van der Waals surface area (Å²) in [6.07, 6.45) is 1.42. The van der Waals surface area contributed by atoms with Crippen LogP contribution in [-0.4, -0.2) is 4.98 Å². The van der Waals surface area contributed by atoms with Crippen LogP contribution in [0.15, 0.2) is 83.4 Å². The van der Waals surface area contributed by atoms with E-state index < -0.39 is 6.85 Å². The molecular formula is C28H25NO. The van der Waals surface area contributed by atoms with Gasteiger partial charge in [-0.05, 0) is 58.8 Å². The molecule has 3 aromatic carbocycles. The van der Waals surface area contributed by atoms with Crippen LogP contribution in [0.3, 0.4) is 0 Å². The number of benzene rings is 3. The Morgan fingerprint density at radius 2 is 1.67 bits per heavy atom. The summed E-state index contributed by atoms with van der Waals surface area (Å²) in [6.45, 7) is 4.50. The van der Waals surface area contributed by atoms with Gasteiger partial charge in [0.15, 0.2) is 0 Å². The molecule has 0 aliphatic carbocycles. The highest BCUT2D eigenvalue weighted by Crippen LogP contribution is 2.38. The maximum Gasteiger partial charge on any atom is 0.144 e. The first-order valence-corrected chi connectivity index (χ1v) is 10.1. The highest BCUT2D eigenvalue weighted by molar-refractivity contribution is 6.10. The monoisotopic (exact) mass is 394 g/mol. The second kappa shape index (κ2) is 6.84. The average Bonchev–Trinajstić information content (AvgIpc) is 3.16. The van der Waals surface area contributed by atoms with Crippen LogP contribution in [-0.2, 0) is 5.41 Å². The topological polar surface area (TPSA) is 26.0 Å². The molecule has 0 radical (unpaired) electrons. The summed E-state index contributed by atoms with van der Waals surface area (Å²) in [4.78, 5) is 4.42. The fraction of sp³-hybridized carbons (Fsp3) is 0.179. The molecule has 0 aliphatic heterocycles. The van der Waals surface area contributed by atoms with Crippen LogP contribution in [0, 0.1) is 6.85 Å². The summed E-state index contributed by atoms with van der Waals surface area (Å²) in [5.41, 5.74) is 6.97. The minimum absolute atomic E-state index is 0.0269. The molecule has 2 heterocycles. The van der Waals surface area contributed by atoms with Crippen LogP contribution in [0.5, 0.6) is 0 Å². The van der Waals surface area contributed by atoms with Crippen molar-refractivity contribution in [1.82, 2.24) is 4.98 Å². The highest BCUT2D eigenvalue weighted by Gasteiger charge is 2.19. The number of furan rings is 1. The third-order valence-corrected chi connectivity index (χ3v) is 5.58. The Bertz CT molecular complexity index is 1470. The number of hydrogen-bond donors (Lipinski definition) is 0. The zero-order valence-corrected chi connectivity index (χ0v) is 17.4. The van der Waals surface area contributed by atoms with Gasteiger partial charge >= 0.3 is 0 Å². The lowest BCUT2D eigenvalue weighted by atomic mass is 9.82. The standard InChI is InChI=1S/C28H25NO/c1-18-12-15-25(29-17-18)23-10-7-9-22-21-14-13-19(16-26(21)30-27(22)23)20-8-5-6-11-24(20)28(2,3)4/h5-17H,1-4H3/i1D3. The molecule has 2 aromatic heterocycles. The van der Waals surface area contributed by atoms with Gasteiger partial charge < -0.3 is 4.42 Å². The molecule has 0 saturated heterocycles. The maximum absolute atomic E-state index is 7.57. The molecule has 5 aromatic rings. The van der Waals surface area contributed by atoms with Gasteiger partial charge in [0.05, 0.1) is 5.69 Å². The van der Waals surface area contributed by atoms with Gasteiger partial charge in [0.2, 0.25) is 0 Å². The Balaban J connectivity index is 1.65. The molecule has 2 heteroatoms. The fourth-order valence-electron chi connectivity index (χ4n) is 4.11. The Morgan fingerprint density at radius 1 is 0.833 bits per heavy atom. The summed E-state index contributed by atoms with van der Waals surface area (Å²) >= 11 is 0. The molecule has 0 saturated carbocycles. The van der Waals surface area contributed by atoms with Crippen molar-refractivity contribution >= 4 is 21.9 Å². The van der Waals surface area contributed by atoms with Crippen molar-refractivity contribution in [3.63, 3.8) is 0 Å². The van der Waals surface area contributed by atoms with Gasteiger partial charge in [-0.2, -0.15) is 0 Å². The molecule has 0 N–H and O–H groups in total. The van der Waals surface area contributed by atoms with E-state index in [1.807, 2.05) is 18.2 Å². The fourth-order valence-corrected chi connectivity index (χ4v) is 4.11. The average molecular weight is 395 g/mol. The molecule has 5 rings (SSSR count). The summed E-state index contributed by atoms with van der Waals surface area (Å²) < 4.78 is 29.1. The summed E-state index contributed by atoms with van der Waals surface area (Å²) in [5, 5.41) is 2.06. The van der Waals surface area contributed by atoms with E-state index >= 15 is 0 Å². The number of aryl methyl sites for hydroxylation is 1. The van der Waals surface area contributed by atoms with Crippen molar-refractivity contribution in [3.05, 3.63) is 90.1 Å². The van der Waals surface area contributed by atoms with Gasteiger partial charge in [0.25, 0.3) is 0 Å². The first-order valence-electron chi connectivity index (χ1n) is 11.6. The van der Waals surface area contributed by atoms with Crippen LogP contribution in [0.1, 0.15) is 36.0 Å². The second-order valence-electron chi connectivity index (χ2n) is 8.72. The molecule has 148 valence electrons. The van der Waals surface area contributed by atoms with E-state index in [9.17, 15) is 0 Å². The third-order valence-electron chi connectivity index (χ3n) is 5.58. The van der Waals surface area contributed by atoms with Crippen LogP contribution in [0.25, 0.3) is 44.3 Å². The molecule has 0 bridgehead atoms. The van der Waals surface area contributed by atoms with Gasteiger partial charge in [-0.1, -0.05) is 69.3 Å². The molecule has 0 atom stereocenters. The summed E-state index contributed by atoms with van der Waals surface area (Å²) in [6, 6.07) is 24.2. The Morgan fingerprint density at radius 3 is 2.43 bits per heavy atom. The van der Waals surface area contributed by atoms with Crippen molar-refractivity contribution in [2.24, 2.45) is 0 Å². The van der Waals surface area contributed by atoms with Crippen LogP contribution in [0.4, 0.5) is 0 Å². The molecular weight excluding hydrogens is 366 g/mol. The number of hydrogen-bond acceptors (Lipinski definition) is 2. The van der Waals surface area contributed by atoms with E-state index in [1.165, 1.54) is 17.3 Å². The molecule has 0 aliphatic rings. The lowest BCUT2D eigenvalue weighted by Crippen LogP contribution is -2.12. The van der Waals surface area contributed by atoms with Crippen molar-refractivity contribution in [2.45, 2.75) is 33.0 Å². The van der Waals surface area contributed by atoms with Gasteiger partial charge in [-0.25, -0.2) is 0 Å². The first-order chi connectivity index (χ1) is 15.6. The smallest absolute Gasteiger partial charge is 0.144 e. The number of pyridine rings is 1. The normalized spacial score (nSPS) is 13.9. The van der Waals surface area contributed by atoms with Crippen molar-refractivity contribution in [1.29, 1.82) is 0 Å². The molecule has 30 heavy (non-hydrogen) atoms. The number of nitrogens with zero attached hydrogens (tertiary/aromatic N) is 1. The second-order valence-corrected chi connectivity index (χ2v) is 8.72. The lowest BCUT2D eigenvalue weighted by molar-refractivity contribution is 0.592. The predicted octanol–water partition coefficient (Wildman–Crippen LogP) is 7.92. The lowest BCUT2D eigenvalue weighted by Gasteiger charge is -2.23. The zero-order valence-electron chi connectivity index (χ0n) is 20.4. The summed E-state index contributed by atoms with van der Waals surface area (Å²) in [7, 11) is 0. The molecule has 2 nitrogen and oxygen atoms in total. The van der Waals surface area contributed by atoms with E-state index in [2.05, 4.69) is 68.2 Å². The SMILES string of the molecule is [2H]C([2H])([2H])c1ccc(-c2cccc3c2oc2cc(-c4ccccc4C(C)(C)C)ccc23)nc1. The van der Waals surface area contributed by atoms with Gasteiger partial charge in [0.1, 0.15) is 11.2 Å². The highest BCUT2D eigenvalue weighted by atomic mass is 16.3. The maximum atomic E-state index is 7.57. The van der Waals surface area contributed by atoms with E-state index in [1.54, 1.807) is 12.1 Å². The van der Waals surface area contributed by atoms with E-state index in [-0.39, 0.29) is 11.0 Å². The van der Waals surface area contributed by atoms with Crippen molar-refractivity contribution in [2.75, 3.05) is 0 Å². The minimum Gasteiger partial charge on any atom is -0.455 e. The minimum atomic E-state index is -2.17. The number of para-hydroxylation sites is 1. The number of fused-ring (bicyclic) bond motifs is 3. The largest absolute Gasteiger partial charge is 0.455 e. The zero-order chi connectivity index (χ0) is 23.4. The Hall–Kier alpha value is -3.39. The number of rotatable bonds is 2. The first kappa shape index (κ1) is 15.4. The molecule has 0 spiro atoms. The van der Waals surface area contributed by atoms with E-state index in [0.717, 1.165) is 33.1 Å². The van der Waals surface area contributed by atoms with Crippen molar-refractivity contribution in [3.8, 4) is 22.4 Å². The van der Waals surface area contributed by atoms with E-state index in [0.29, 0.717) is 5.69 Å². The summed E-state index contributed by atoms with van der Waals surface area (Å²) in [5.74, 6) is 0. The quantitative estimate of drug-likeness (QED) is 0.304. The number of aromatic nitrogens is 1. The third kappa shape index (κ3) is 3.09. The van der Waals surface area contributed by atoms with E-state index in [4.69, 9.17) is 8.53 Å².